The number of halogens is 1. The second-order valence-electron chi connectivity index (χ2n) is 4.56. The summed E-state index contributed by atoms with van der Waals surface area (Å²) >= 11 is 12.7. The van der Waals surface area contributed by atoms with Gasteiger partial charge in [-0.25, -0.2) is 0 Å². The van der Waals surface area contributed by atoms with Gasteiger partial charge in [0.25, 0.3) is 5.91 Å². The predicted octanol–water partition coefficient (Wildman–Crippen LogP) is 4.13. The van der Waals surface area contributed by atoms with Gasteiger partial charge in [0.05, 0.1) is 17.0 Å². The highest BCUT2D eigenvalue weighted by molar-refractivity contribution is 8.26. The summed E-state index contributed by atoms with van der Waals surface area (Å²) in [5, 5.41) is 0.406. The Bertz CT molecular complexity index is 688. The van der Waals surface area contributed by atoms with Crippen LogP contribution in [0.5, 0.6) is 11.5 Å². The Kier molecular flexibility index (Phi) is 6.10. The second-order valence-corrected chi connectivity index (χ2v) is 6.64. The maximum atomic E-state index is 12.2. The lowest BCUT2D eigenvalue weighted by Crippen LogP contribution is -2.27. The summed E-state index contributed by atoms with van der Waals surface area (Å²) in [6.07, 6.45) is 3.38. The van der Waals surface area contributed by atoms with Crippen LogP contribution in [0, 0.1) is 0 Å². The Morgan fingerprint density at radius 3 is 2.78 bits per heavy atom. The number of carbonyl (C=O) groups excluding carboxylic acids is 1. The number of ether oxygens (including phenoxy) is 2. The van der Waals surface area contributed by atoms with Crippen molar-refractivity contribution in [3.05, 3.63) is 40.3 Å². The van der Waals surface area contributed by atoms with Crippen molar-refractivity contribution >= 4 is 51.9 Å². The van der Waals surface area contributed by atoms with E-state index in [1.54, 1.807) is 29.2 Å². The number of hydrogen-bond donors (Lipinski definition) is 0. The van der Waals surface area contributed by atoms with Crippen molar-refractivity contribution in [3.8, 4) is 11.5 Å². The summed E-state index contributed by atoms with van der Waals surface area (Å²) < 4.78 is 11.4. The molecule has 0 aromatic heterocycles. The molecule has 1 fully saturated rings. The minimum absolute atomic E-state index is 0.0930. The van der Waals surface area contributed by atoms with Crippen molar-refractivity contribution < 1.29 is 14.3 Å². The van der Waals surface area contributed by atoms with Gasteiger partial charge in [-0.15, -0.1) is 0 Å². The average Bonchev–Trinajstić information content (AvgIpc) is 2.79. The number of likely N-dealkylation sites (N-methyl/N-ethyl adjacent to an activating group) is 1. The molecule has 4 nitrogen and oxygen atoms in total. The molecule has 1 aliphatic heterocycles. The molecule has 0 aliphatic carbocycles. The standard InChI is InChI=1S/C16H16ClNO3S2/c1-4-6-21-14-11(17)7-10(8-12(14)20-3)9-13-15(19)18(5-2)16(22)23-13/h4,7-9H,1,5-6H2,2-3H3/b13-9-. The van der Waals surface area contributed by atoms with Crippen LogP contribution in [0.1, 0.15) is 12.5 Å². The van der Waals surface area contributed by atoms with Gasteiger partial charge in [0.1, 0.15) is 10.9 Å². The summed E-state index contributed by atoms with van der Waals surface area (Å²) in [6.45, 7) is 6.37. The van der Waals surface area contributed by atoms with Crippen LogP contribution in [0.25, 0.3) is 6.08 Å². The zero-order chi connectivity index (χ0) is 17.0. The zero-order valence-electron chi connectivity index (χ0n) is 12.8. The third kappa shape index (κ3) is 3.88. The third-order valence-electron chi connectivity index (χ3n) is 3.08. The molecule has 1 aromatic carbocycles. The van der Waals surface area contributed by atoms with Crippen LogP contribution in [0.3, 0.4) is 0 Å². The number of hydrogen-bond acceptors (Lipinski definition) is 5. The minimum Gasteiger partial charge on any atom is -0.493 e. The molecule has 122 valence electrons. The lowest BCUT2D eigenvalue weighted by molar-refractivity contribution is -0.121. The third-order valence-corrected chi connectivity index (χ3v) is 4.74. The number of thiocarbonyl (C=S) groups is 1. The summed E-state index contributed by atoms with van der Waals surface area (Å²) in [4.78, 5) is 14.4. The number of amides is 1. The summed E-state index contributed by atoms with van der Waals surface area (Å²) in [7, 11) is 1.53. The monoisotopic (exact) mass is 369 g/mol. The quantitative estimate of drug-likeness (QED) is 0.428. The molecule has 1 aromatic rings. The molecule has 1 aliphatic rings. The van der Waals surface area contributed by atoms with E-state index in [-0.39, 0.29) is 5.91 Å². The molecule has 0 atom stereocenters. The van der Waals surface area contributed by atoms with Crippen molar-refractivity contribution in [1.82, 2.24) is 4.90 Å². The van der Waals surface area contributed by atoms with E-state index in [0.717, 1.165) is 5.56 Å². The molecule has 0 radical (unpaired) electrons. The van der Waals surface area contributed by atoms with Gasteiger partial charge in [-0.05, 0) is 30.7 Å². The highest BCUT2D eigenvalue weighted by Gasteiger charge is 2.30. The number of carbonyl (C=O) groups is 1. The van der Waals surface area contributed by atoms with Crippen molar-refractivity contribution in [1.29, 1.82) is 0 Å². The summed E-state index contributed by atoms with van der Waals surface area (Å²) in [5.74, 6) is 0.855. The number of thioether (sulfide) groups is 1. The fourth-order valence-corrected chi connectivity index (χ4v) is 3.69. The molecule has 0 bridgehead atoms. The Morgan fingerprint density at radius 2 is 2.22 bits per heavy atom. The number of rotatable bonds is 6. The van der Waals surface area contributed by atoms with E-state index in [4.69, 9.17) is 33.3 Å². The normalized spacial score (nSPS) is 16.1. The Balaban J connectivity index is 2.36. The van der Waals surface area contributed by atoms with Crippen molar-refractivity contribution in [2.24, 2.45) is 0 Å². The number of nitrogens with zero attached hydrogens (tertiary/aromatic N) is 1. The molecule has 0 saturated carbocycles. The van der Waals surface area contributed by atoms with Crippen LogP contribution in [0.2, 0.25) is 5.02 Å². The maximum absolute atomic E-state index is 12.2. The van der Waals surface area contributed by atoms with E-state index < -0.39 is 0 Å². The zero-order valence-corrected chi connectivity index (χ0v) is 15.2. The van der Waals surface area contributed by atoms with Crippen molar-refractivity contribution in [2.45, 2.75) is 6.92 Å². The van der Waals surface area contributed by atoms with Crippen molar-refractivity contribution in [2.75, 3.05) is 20.3 Å². The molecule has 1 heterocycles. The maximum Gasteiger partial charge on any atom is 0.266 e. The topological polar surface area (TPSA) is 38.8 Å². The molecule has 0 spiro atoms. The SMILES string of the molecule is C=CCOc1c(Cl)cc(/C=C2\SC(=S)N(CC)C2=O)cc1OC. The van der Waals surface area contributed by atoms with E-state index >= 15 is 0 Å². The van der Waals surface area contributed by atoms with E-state index in [0.29, 0.717) is 38.9 Å². The van der Waals surface area contributed by atoms with Gasteiger partial charge in [-0.2, -0.15) is 0 Å². The Hall–Kier alpha value is -1.50. The van der Waals surface area contributed by atoms with Gasteiger partial charge in [0.2, 0.25) is 0 Å². The van der Waals surface area contributed by atoms with E-state index in [1.165, 1.54) is 18.9 Å². The number of methoxy groups -OCH3 is 1. The first-order valence-corrected chi connectivity index (χ1v) is 8.48. The van der Waals surface area contributed by atoms with Crippen LogP contribution in [-0.2, 0) is 4.79 Å². The lowest BCUT2D eigenvalue weighted by atomic mass is 10.1. The lowest BCUT2D eigenvalue weighted by Gasteiger charge is -2.12. The highest BCUT2D eigenvalue weighted by atomic mass is 35.5. The number of benzene rings is 1. The van der Waals surface area contributed by atoms with E-state index in [9.17, 15) is 4.79 Å². The molecule has 2 rings (SSSR count). The van der Waals surface area contributed by atoms with Crippen LogP contribution in [0.15, 0.2) is 29.7 Å². The van der Waals surface area contributed by atoms with Crippen LogP contribution in [-0.4, -0.2) is 35.4 Å². The predicted molar refractivity (Wildman–Crippen MR) is 99.2 cm³/mol. The van der Waals surface area contributed by atoms with Gasteiger partial charge >= 0.3 is 0 Å². The van der Waals surface area contributed by atoms with Crippen LogP contribution < -0.4 is 9.47 Å². The highest BCUT2D eigenvalue weighted by Crippen LogP contribution is 2.38. The molecular formula is C16H16ClNO3S2. The Labute approximate surface area is 150 Å². The molecule has 0 unspecified atom stereocenters. The molecule has 1 amide bonds. The van der Waals surface area contributed by atoms with E-state index in [1.807, 2.05) is 6.92 Å². The van der Waals surface area contributed by atoms with Gasteiger partial charge < -0.3 is 9.47 Å². The van der Waals surface area contributed by atoms with E-state index in [2.05, 4.69) is 6.58 Å². The molecule has 7 heteroatoms. The fraction of sp³-hybridized carbons (Fsp3) is 0.250. The smallest absolute Gasteiger partial charge is 0.266 e. The minimum atomic E-state index is -0.0930. The molecule has 0 N–H and O–H groups in total. The van der Waals surface area contributed by atoms with Crippen molar-refractivity contribution in [3.63, 3.8) is 0 Å². The van der Waals surface area contributed by atoms with Gasteiger partial charge in [0, 0.05) is 6.54 Å². The first kappa shape index (κ1) is 17.8. The molecule has 23 heavy (non-hydrogen) atoms. The van der Waals surface area contributed by atoms with Crippen LogP contribution in [0.4, 0.5) is 0 Å². The molecular weight excluding hydrogens is 354 g/mol. The van der Waals surface area contributed by atoms with Gasteiger partial charge in [0.15, 0.2) is 11.5 Å². The van der Waals surface area contributed by atoms with Crippen LogP contribution >= 0.6 is 35.6 Å². The van der Waals surface area contributed by atoms with Gasteiger partial charge in [-0.3, -0.25) is 9.69 Å². The Morgan fingerprint density at radius 1 is 1.48 bits per heavy atom. The first-order valence-electron chi connectivity index (χ1n) is 6.88. The first-order chi connectivity index (χ1) is 11.0. The van der Waals surface area contributed by atoms with Gasteiger partial charge in [-0.1, -0.05) is 48.2 Å². The summed E-state index contributed by atoms with van der Waals surface area (Å²) in [6, 6.07) is 3.49. The molecule has 1 saturated heterocycles. The largest absolute Gasteiger partial charge is 0.493 e. The second kappa shape index (κ2) is 7.86. The fourth-order valence-electron chi connectivity index (χ4n) is 2.03. The summed E-state index contributed by atoms with van der Waals surface area (Å²) in [5.41, 5.74) is 0.745. The average molecular weight is 370 g/mol.